The van der Waals surface area contributed by atoms with Gasteiger partial charge < -0.3 is 19.4 Å². The van der Waals surface area contributed by atoms with Crippen LogP contribution in [-0.2, 0) is 0 Å². The monoisotopic (exact) mass is 494 g/mol. The van der Waals surface area contributed by atoms with Crippen LogP contribution >= 0.6 is 31.9 Å². The van der Waals surface area contributed by atoms with E-state index in [0.29, 0.717) is 37.3 Å². The first-order valence-electron chi connectivity index (χ1n) is 8.09. The average molecular weight is 496 g/mol. The van der Waals surface area contributed by atoms with Crippen molar-refractivity contribution in [3.63, 3.8) is 0 Å². The summed E-state index contributed by atoms with van der Waals surface area (Å²) < 4.78 is 12.4. The number of halogens is 2. The number of carbonyl (C=O) groups is 1. The molecule has 2 N–H and O–H groups in total. The first-order valence-corrected chi connectivity index (χ1v) is 9.67. The Balaban J connectivity index is 2.09. The minimum Gasteiger partial charge on any atom is -0.507 e. The molecule has 0 saturated heterocycles. The van der Waals surface area contributed by atoms with Gasteiger partial charge in [-0.05, 0) is 74.2 Å². The third kappa shape index (κ3) is 4.04. The van der Waals surface area contributed by atoms with Crippen molar-refractivity contribution in [2.45, 2.75) is 19.8 Å². The number of phenols is 1. The van der Waals surface area contributed by atoms with Crippen molar-refractivity contribution in [1.29, 1.82) is 0 Å². The zero-order valence-corrected chi connectivity index (χ0v) is 17.7. The first-order chi connectivity index (χ1) is 12.8. The van der Waals surface area contributed by atoms with Gasteiger partial charge in [-0.3, -0.25) is 0 Å². The van der Waals surface area contributed by atoms with Crippen LogP contribution in [0.2, 0.25) is 0 Å². The predicted octanol–water partition coefficient (Wildman–Crippen LogP) is 6.79. The Morgan fingerprint density at radius 3 is 2.33 bits per heavy atom. The van der Waals surface area contributed by atoms with Crippen molar-refractivity contribution in [2.75, 3.05) is 0 Å². The SMILES string of the molecule is CC(C)c1cc(Oc2c(Br)cc(C(=O)O)cc2Br)cc(-c2ccco2)c1O. The van der Waals surface area contributed by atoms with E-state index in [1.165, 1.54) is 18.4 Å². The topological polar surface area (TPSA) is 79.9 Å². The van der Waals surface area contributed by atoms with Gasteiger partial charge in [0.25, 0.3) is 0 Å². The second-order valence-corrected chi connectivity index (χ2v) is 7.93. The van der Waals surface area contributed by atoms with Crippen molar-refractivity contribution < 1.29 is 24.2 Å². The summed E-state index contributed by atoms with van der Waals surface area (Å²) in [5.74, 6) is 0.627. The van der Waals surface area contributed by atoms with Crippen molar-refractivity contribution in [2.24, 2.45) is 0 Å². The lowest BCUT2D eigenvalue weighted by molar-refractivity contribution is 0.0696. The Bertz CT molecular complexity index is 971. The van der Waals surface area contributed by atoms with E-state index in [1.54, 1.807) is 24.3 Å². The highest BCUT2D eigenvalue weighted by molar-refractivity contribution is 9.11. The average Bonchev–Trinajstić information content (AvgIpc) is 3.13. The fraction of sp³-hybridized carbons (Fsp3) is 0.150. The van der Waals surface area contributed by atoms with E-state index in [2.05, 4.69) is 31.9 Å². The highest BCUT2D eigenvalue weighted by Crippen LogP contribution is 2.43. The summed E-state index contributed by atoms with van der Waals surface area (Å²) in [6.45, 7) is 3.94. The molecular weight excluding hydrogens is 480 g/mol. The highest BCUT2D eigenvalue weighted by atomic mass is 79.9. The van der Waals surface area contributed by atoms with Gasteiger partial charge in [-0.25, -0.2) is 4.79 Å². The van der Waals surface area contributed by atoms with E-state index in [-0.39, 0.29) is 17.2 Å². The van der Waals surface area contributed by atoms with E-state index in [4.69, 9.17) is 14.3 Å². The molecule has 0 unspecified atom stereocenters. The lowest BCUT2D eigenvalue weighted by Crippen LogP contribution is -1.98. The van der Waals surface area contributed by atoms with Gasteiger partial charge in [-0.1, -0.05) is 13.8 Å². The Kier molecular flexibility index (Phi) is 5.62. The number of furan rings is 1. The summed E-state index contributed by atoms with van der Waals surface area (Å²) in [5, 5.41) is 19.8. The summed E-state index contributed by atoms with van der Waals surface area (Å²) in [5.41, 5.74) is 1.37. The lowest BCUT2D eigenvalue weighted by atomic mass is 9.97. The molecule has 27 heavy (non-hydrogen) atoms. The molecule has 0 aliphatic rings. The third-order valence-corrected chi connectivity index (χ3v) is 5.16. The quantitative estimate of drug-likeness (QED) is 0.407. The zero-order valence-electron chi connectivity index (χ0n) is 14.5. The smallest absolute Gasteiger partial charge is 0.335 e. The lowest BCUT2D eigenvalue weighted by Gasteiger charge is -2.16. The highest BCUT2D eigenvalue weighted by Gasteiger charge is 2.19. The molecule has 0 radical (unpaired) electrons. The second-order valence-electron chi connectivity index (χ2n) is 6.22. The number of ether oxygens (including phenoxy) is 1. The fourth-order valence-corrected chi connectivity index (χ4v) is 4.00. The number of aromatic carboxylic acids is 1. The van der Waals surface area contributed by atoms with Crippen molar-refractivity contribution in [1.82, 2.24) is 0 Å². The molecule has 1 aromatic heterocycles. The van der Waals surface area contributed by atoms with Gasteiger partial charge in [-0.15, -0.1) is 0 Å². The van der Waals surface area contributed by atoms with Gasteiger partial charge >= 0.3 is 5.97 Å². The molecular formula is C20H16Br2O5. The summed E-state index contributed by atoms with van der Waals surface area (Å²) in [6, 6.07) is 9.89. The van der Waals surface area contributed by atoms with Gasteiger partial charge in [0.1, 0.15) is 17.3 Å². The van der Waals surface area contributed by atoms with Crippen LogP contribution in [0.25, 0.3) is 11.3 Å². The Morgan fingerprint density at radius 2 is 1.81 bits per heavy atom. The number of carboxylic acids is 1. The van der Waals surface area contributed by atoms with Gasteiger partial charge in [0.2, 0.25) is 0 Å². The molecule has 3 aromatic rings. The molecule has 7 heteroatoms. The molecule has 0 saturated carbocycles. The van der Waals surface area contributed by atoms with Crippen LogP contribution in [-0.4, -0.2) is 16.2 Å². The normalized spacial score (nSPS) is 11.0. The predicted molar refractivity (Wildman–Crippen MR) is 109 cm³/mol. The van der Waals surface area contributed by atoms with E-state index >= 15 is 0 Å². The van der Waals surface area contributed by atoms with Crippen LogP contribution in [0.5, 0.6) is 17.2 Å². The molecule has 1 heterocycles. The minimum atomic E-state index is -1.03. The molecule has 0 atom stereocenters. The summed E-state index contributed by atoms with van der Waals surface area (Å²) >= 11 is 6.71. The van der Waals surface area contributed by atoms with Crippen LogP contribution in [0, 0.1) is 0 Å². The zero-order chi connectivity index (χ0) is 19.7. The maximum Gasteiger partial charge on any atom is 0.335 e. The standard InChI is InChI=1S/C20H16Br2O5/c1-10(2)13-8-12(9-14(18(13)23)17-4-3-5-26-17)27-19-15(21)6-11(20(24)25)7-16(19)22/h3-10,23H,1-2H3,(H,24,25). The number of hydrogen-bond acceptors (Lipinski definition) is 4. The van der Waals surface area contributed by atoms with E-state index in [9.17, 15) is 9.90 Å². The Morgan fingerprint density at radius 1 is 1.15 bits per heavy atom. The van der Waals surface area contributed by atoms with Crippen LogP contribution in [0.1, 0.15) is 35.7 Å². The molecule has 3 rings (SSSR count). The number of phenolic OH excluding ortho intramolecular Hbond substituents is 1. The fourth-order valence-electron chi connectivity index (χ4n) is 2.65. The van der Waals surface area contributed by atoms with Crippen molar-refractivity contribution in [3.8, 4) is 28.6 Å². The molecule has 0 aliphatic carbocycles. The molecule has 0 amide bonds. The third-order valence-electron chi connectivity index (χ3n) is 3.99. The number of aromatic hydroxyl groups is 1. The maximum atomic E-state index is 11.2. The van der Waals surface area contributed by atoms with E-state index in [1.807, 2.05) is 13.8 Å². The van der Waals surface area contributed by atoms with Crippen LogP contribution in [0.4, 0.5) is 0 Å². The maximum absolute atomic E-state index is 11.2. The van der Waals surface area contributed by atoms with Gasteiger partial charge in [0.05, 0.1) is 26.3 Å². The van der Waals surface area contributed by atoms with E-state index in [0.717, 1.165) is 0 Å². The molecule has 0 spiro atoms. The van der Waals surface area contributed by atoms with Gasteiger partial charge in [0, 0.05) is 5.56 Å². The molecule has 0 aliphatic heterocycles. The van der Waals surface area contributed by atoms with Gasteiger partial charge in [-0.2, -0.15) is 0 Å². The van der Waals surface area contributed by atoms with Crippen LogP contribution < -0.4 is 4.74 Å². The first kappa shape index (κ1) is 19.5. The summed E-state index contributed by atoms with van der Waals surface area (Å²) in [4.78, 5) is 11.2. The molecule has 5 nitrogen and oxygen atoms in total. The number of hydrogen-bond donors (Lipinski definition) is 2. The molecule has 0 bridgehead atoms. The number of carboxylic acid groups (broad SMARTS) is 1. The summed E-state index contributed by atoms with van der Waals surface area (Å²) in [7, 11) is 0. The number of benzene rings is 2. The Hall–Kier alpha value is -2.25. The molecule has 2 aromatic carbocycles. The van der Waals surface area contributed by atoms with E-state index < -0.39 is 5.97 Å². The molecule has 140 valence electrons. The second kappa shape index (κ2) is 7.78. The minimum absolute atomic E-state index is 0.0588. The Labute approximate surface area is 172 Å². The van der Waals surface area contributed by atoms with Crippen LogP contribution in [0.15, 0.2) is 56.0 Å². The largest absolute Gasteiger partial charge is 0.507 e. The number of rotatable bonds is 5. The van der Waals surface area contributed by atoms with Crippen LogP contribution in [0.3, 0.4) is 0 Å². The van der Waals surface area contributed by atoms with Crippen molar-refractivity contribution in [3.05, 3.63) is 62.7 Å². The molecule has 0 fully saturated rings. The van der Waals surface area contributed by atoms with Crippen molar-refractivity contribution >= 4 is 37.8 Å². The van der Waals surface area contributed by atoms with Gasteiger partial charge in [0.15, 0.2) is 5.75 Å². The summed E-state index contributed by atoms with van der Waals surface area (Å²) in [6.07, 6.45) is 1.54.